The van der Waals surface area contributed by atoms with Crippen molar-refractivity contribution in [1.82, 2.24) is 0 Å². The largest absolute Gasteiger partial charge is 0.376 e. The summed E-state index contributed by atoms with van der Waals surface area (Å²) in [6.45, 7) is 14.0. The zero-order valence-electron chi connectivity index (χ0n) is 16.8. The van der Waals surface area contributed by atoms with Gasteiger partial charge in [-0.25, -0.2) is 0 Å². The number of nitrogens with one attached hydrogen (secondary N) is 1. The van der Waals surface area contributed by atoms with Gasteiger partial charge >= 0.3 is 0 Å². The summed E-state index contributed by atoms with van der Waals surface area (Å²) in [6.07, 6.45) is 6.67. The fourth-order valence-electron chi connectivity index (χ4n) is 4.91. The van der Waals surface area contributed by atoms with E-state index >= 15 is 0 Å². The van der Waals surface area contributed by atoms with E-state index in [1.807, 2.05) is 0 Å². The average molecular weight is 345 g/mol. The summed E-state index contributed by atoms with van der Waals surface area (Å²) in [5.74, 6) is 2.55. The maximum atomic E-state index is 5.99. The summed E-state index contributed by atoms with van der Waals surface area (Å²) in [4.78, 5) is 1.77. The first-order valence-corrected chi connectivity index (χ1v) is 10.5. The predicted octanol–water partition coefficient (Wildman–Crippen LogP) is 4.23. The molecule has 0 bridgehead atoms. The number of benzene rings is 1. The summed E-state index contributed by atoms with van der Waals surface area (Å²) < 4.78 is 5.99. The summed E-state index contributed by atoms with van der Waals surface area (Å²) >= 11 is 0. The van der Waals surface area contributed by atoms with Crippen LogP contribution in [0.2, 0.25) is 0 Å². The summed E-state index contributed by atoms with van der Waals surface area (Å²) in [6, 6.07) is 9.02. The van der Waals surface area contributed by atoms with Crippen LogP contribution >= 0.6 is 0 Å². The maximum absolute atomic E-state index is 5.99. The maximum Gasteiger partial charge on any atom is 0.104 e. The summed E-state index contributed by atoms with van der Waals surface area (Å²) in [7, 11) is 0. The van der Waals surface area contributed by atoms with Gasteiger partial charge in [-0.2, -0.15) is 0 Å². The molecule has 1 aromatic rings. The van der Waals surface area contributed by atoms with Gasteiger partial charge in [0.05, 0.1) is 12.1 Å². The van der Waals surface area contributed by atoms with Crippen LogP contribution in [-0.2, 0) is 17.8 Å². The zero-order chi connectivity index (χ0) is 17.9. The van der Waals surface area contributed by atoms with Gasteiger partial charge in [0.25, 0.3) is 0 Å². The Morgan fingerprint density at radius 3 is 2.36 bits per heavy atom. The third kappa shape index (κ3) is 5.31. The van der Waals surface area contributed by atoms with Crippen molar-refractivity contribution in [2.75, 3.05) is 13.2 Å². The van der Waals surface area contributed by atoms with E-state index in [1.165, 1.54) is 51.7 Å². The van der Waals surface area contributed by atoms with Gasteiger partial charge in [-0.15, -0.1) is 0 Å². The Morgan fingerprint density at radius 2 is 1.76 bits per heavy atom. The van der Waals surface area contributed by atoms with Crippen molar-refractivity contribution < 1.29 is 9.64 Å². The smallest absolute Gasteiger partial charge is 0.104 e. The van der Waals surface area contributed by atoms with Crippen LogP contribution in [0.5, 0.6) is 0 Å². The van der Waals surface area contributed by atoms with Gasteiger partial charge in [0.2, 0.25) is 0 Å². The third-order valence-electron chi connectivity index (χ3n) is 6.38. The highest BCUT2D eigenvalue weighted by Crippen LogP contribution is 2.37. The second kappa shape index (κ2) is 8.22. The van der Waals surface area contributed by atoms with E-state index in [2.05, 4.69) is 52.0 Å². The molecule has 1 aromatic carbocycles. The molecule has 3 rings (SSSR count). The molecule has 0 aromatic heterocycles. The van der Waals surface area contributed by atoms with Crippen LogP contribution in [0.4, 0.5) is 0 Å². The Bertz CT molecular complexity index is 526. The first-order valence-electron chi connectivity index (χ1n) is 10.5. The molecule has 2 heteroatoms. The van der Waals surface area contributed by atoms with Gasteiger partial charge in [0, 0.05) is 17.7 Å². The lowest BCUT2D eigenvalue weighted by molar-refractivity contribution is -0.921. The van der Waals surface area contributed by atoms with E-state index in [4.69, 9.17) is 4.74 Å². The molecule has 0 radical (unpaired) electrons. The Balaban J connectivity index is 1.56. The Kier molecular flexibility index (Phi) is 6.22. The van der Waals surface area contributed by atoms with Crippen LogP contribution in [0.15, 0.2) is 24.3 Å². The number of quaternary nitrogens is 1. The Labute approximate surface area is 154 Å². The number of ether oxygens (including phenoxy) is 1. The highest BCUT2D eigenvalue weighted by Gasteiger charge is 2.34. The molecule has 140 valence electrons. The van der Waals surface area contributed by atoms with Crippen molar-refractivity contribution in [1.29, 1.82) is 0 Å². The molecule has 1 fully saturated rings. The number of hydrogen-bond acceptors (Lipinski definition) is 1. The van der Waals surface area contributed by atoms with E-state index in [9.17, 15) is 0 Å². The molecule has 0 saturated carbocycles. The third-order valence-corrected chi connectivity index (χ3v) is 6.38. The van der Waals surface area contributed by atoms with Gasteiger partial charge in [0.15, 0.2) is 0 Å². The normalized spacial score (nSPS) is 24.4. The standard InChI is InChI=1S/C23H37NO/c1-18(2)9-10-19(20-12-14-25-23(3,4)15-20)11-13-24-16-21-7-5-6-8-22(21)17-24/h5-8,18-20H,9-17H2,1-4H3/p+1/t19-,20+/m1/s1. The minimum absolute atomic E-state index is 0.0791. The number of rotatable bonds is 7. The SMILES string of the molecule is CC(C)CC[C@H](CC[NH+]1Cc2ccccc2C1)[C@H]1CCOC(C)(C)C1. The molecule has 1 saturated heterocycles. The van der Waals surface area contributed by atoms with Gasteiger partial charge in [-0.3, -0.25) is 0 Å². The molecular weight excluding hydrogens is 306 g/mol. The fraction of sp³-hybridized carbons (Fsp3) is 0.739. The molecule has 2 nitrogen and oxygen atoms in total. The van der Waals surface area contributed by atoms with Crippen molar-refractivity contribution >= 4 is 0 Å². The van der Waals surface area contributed by atoms with Gasteiger partial charge < -0.3 is 9.64 Å². The van der Waals surface area contributed by atoms with Crippen molar-refractivity contribution in [3.8, 4) is 0 Å². The molecule has 2 atom stereocenters. The Hall–Kier alpha value is -0.860. The van der Waals surface area contributed by atoms with Crippen molar-refractivity contribution in [2.45, 2.75) is 78.5 Å². The molecule has 2 heterocycles. The Morgan fingerprint density at radius 1 is 1.08 bits per heavy atom. The van der Waals surface area contributed by atoms with Crippen LogP contribution in [0, 0.1) is 17.8 Å². The van der Waals surface area contributed by atoms with Crippen LogP contribution in [0.1, 0.15) is 70.9 Å². The lowest BCUT2D eigenvalue weighted by atomic mass is 9.75. The molecule has 2 aliphatic rings. The van der Waals surface area contributed by atoms with Gasteiger partial charge in [-0.05, 0) is 57.3 Å². The quantitative estimate of drug-likeness (QED) is 0.781. The van der Waals surface area contributed by atoms with E-state index < -0.39 is 0 Å². The number of hydrogen-bond donors (Lipinski definition) is 1. The first-order chi connectivity index (χ1) is 11.9. The number of fused-ring (bicyclic) bond motifs is 1. The van der Waals surface area contributed by atoms with Crippen molar-refractivity contribution in [3.05, 3.63) is 35.4 Å². The molecular formula is C23H38NO+. The van der Waals surface area contributed by atoms with Crippen LogP contribution < -0.4 is 4.90 Å². The first kappa shape index (κ1) is 18.9. The second-order valence-corrected chi connectivity index (χ2v) is 9.50. The summed E-state index contributed by atoms with van der Waals surface area (Å²) in [5, 5.41) is 0. The minimum Gasteiger partial charge on any atom is -0.376 e. The monoisotopic (exact) mass is 344 g/mol. The van der Waals surface area contributed by atoms with Crippen LogP contribution in [0.3, 0.4) is 0 Å². The second-order valence-electron chi connectivity index (χ2n) is 9.50. The molecule has 1 N–H and O–H groups in total. The van der Waals surface area contributed by atoms with E-state index in [-0.39, 0.29) is 5.60 Å². The highest BCUT2D eigenvalue weighted by molar-refractivity contribution is 5.27. The lowest BCUT2D eigenvalue weighted by Crippen LogP contribution is -3.07. The van der Waals surface area contributed by atoms with Crippen molar-refractivity contribution in [3.63, 3.8) is 0 Å². The van der Waals surface area contributed by atoms with Crippen LogP contribution in [-0.4, -0.2) is 18.8 Å². The average Bonchev–Trinajstić information content (AvgIpc) is 2.96. The highest BCUT2D eigenvalue weighted by atomic mass is 16.5. The minimum atomic E-state index is 0.0791. The van der Waals surface area contributed by atoms with Gasteiger partial charge in [0.1, 0.15) is 13.1 Å². The lowest BCUT2D eigenvalue weighted by Gasteiger charge is -2.39. The van der Waals surface area contributed by atoms with Crippen molar-refractivity contribution in [2.24, 2.45) is 17.8 Å². The predicted molar refractivity (Wildman–Crippen MR) is 105 cm³/mol. The van der Waals surface area contributed by atoms with Gasteiger partial charge in [-0.1, -0.05) is 44.5 Å². The molecule has 0 unspecified atom stereocenters. The van der Waals surface area contributed by atoms with E-state index in [0.717, 1.165) is 24.4 Å². The van der Waals surface area contributed by atoms with Crippen LogP contribution in [0.25, 0.3) is 0 Å². The summed E-state index contributed by atoms with van der Waals surface area (Å²) in [5.41, 5.74) is 3.22. The van der Waals surface area contributed by atoms with E-state index in [0.29, 0.717) is 0 Å². The molecule has 0 spiro atoms. The molecule has 2 aliphatic heterocycles. The molecule has 25 heavy (non-hydrogen) atoms. The van der Waals surface area contributed by atoms with E-state index in [1.54, 1.807) is 16.0 Å². The molecule has 0 amide bonds. The molecule has 0 aliphatic carbocycles. The topological polar surface area (TPSA) is 13.7 Å². The zero-order valence-corrected chi connectivity index (χ0v) is 16.8. The fourth-order valence-corrected chi connectivity index (χ4v) is 4.91.